The van der Waals surface area contributed by atoms with E-state index >= 15 is 0 Å². The smallest absolute Gasteiger partial charge is 0.304 e. The number of hydrogen-bond donors (Lipinski definition) is 0. The molecule has 2 atom stereocenters. The highest BCUT2D eigenvalue weighted by Crippen LogP contribution is 2.64. The standard InChI is InChI=1S/C24H27F3N6S/c1-16-20(29-10-9-28-16)21-30-31-22(32(21)2)34-13-3-11-33-12-8-23(15-33)14-19(23)17-4-6-18(7-5-17)24(25,26)27/h4-7,9-10,19H,3,8,11-15H2,1-2H3. The van der Waals surface area contributed by atoms with Crippen LogP contribution >= 0.6 is 11.8 Å². The number of hydrogen-bond acceptors (Lipinski definition) is 6. The van der Waals surface area contributed by atoms with E-state index < -0.39 is 11.7 Å². The van der Waals surface area contributed by atoms with Gasteiger partial charge in [0.1, 0.15) is 5.69 Å². The molecule has 0 amide bonds. The van der Waals surface area contributed by atoms with Crippen molar-refractivity contribution in [2.45, 2.75) is 43.4 Å². The minimum atomic E-state index is -4.27. The van der Waals surface area contributed by atoms with Crippen LogP contribution < -0.4 is 0 Å². The Balaban J connectivity index is 1.09. The van der Waals surface area contributed by atoms with Crippen LogP contribution in [0, 0.1) is 12.3 Å². The second kappa shape index (κ2) is 8.96. The van der Waals surface area contributed by atoms with Gasteiger partial charge in [0.25, 0.3) is 0 Å². The van der Waals surface area contributed by atoms with E-state index in [0.29, 0.717) is 5.92 Å². The van der Waals surface area contributed by atoms with E-state index in [4.69, 9.17) is 0 Å². The van der Waals surface area contributed by atoms with E-state index in [-0.39, 0.29) is 5.41 Å². The van der Waals surface area contributed by atoms with Gasteiger partial charge in [0.15, 0.2) is 11.0 Å². The van der Waals surface area contributed by atoms with Crippen molar-refractivity contribution in [3.8, 4) is 11.5 Å². The van der Waals surface area contributed by atoms with Gasteiger partial charge in [-0.1, -0.05) is 23.9 Å². The number of thioether (sulfide) groups is 1. The van der Waals surface area contributed by atoms with Crippen LogP contribution in [0.3, 0.4) is 0 Å². The summed E-state index contributed by atoms with van der Waals surface area (Å²) in [4.78, 5) is 11.2. The van der Waals surface area contributed by atoms with Crippen molar-refractivity contribution >= 4 is 11.8 Å². The zero-order chi connectivity index (χ0) is 23.9. The highest BCUT2D eigenvalue weighted by Gasteiger charge is 2.57. The average Bonchev–Trinajstić information content (AvgIpc) is 3.16. The molecule has 34 heavy (non-hydrogen) atoms. The van der Waals surface area contributed by atoms with Crippen molar-refractivity contribution < 1.29 is 13.2 Å². The Kier molecular flexibility index (Phi) is 6.14. The second-order valence-electron chi connectivity index (χ2n) is 9.32. The maximum atomic E-state index is 12.8. The van der Waals surface area contributed by atoms with E-state index in [2.05, 4.69) is 25.1 Å². The van der Waals surface area contributed by atoms with E-state index in [1.807, 2.05) is 18.5 Å². The predicted octanol–water partition coefficient (Wildman–Crippen LogP) is 4.96. The fraction of sp³-hybridized carbons (Fsp3) is 0.500. The minimum absolute atomic E-state index is 0.250. The van der Waals surface area contributed by atoms with Crippen molar-refractivity contribution in [2.24, 2.45) is 12.5 Å². The second-order valence-corrected chi connectivity index (χ2v) is 10.4. The van der Waals surface area contributed by atoms with E-state index in [1.165, 1.54) is 12.1 Å². The van der Waals surface area contributed by atoms with Gasteiger partial charge in [-0.25, -0.2) is 4.98 Å². The summed E-state index contributed by atoms with van der Waals surface area (Å²) in [5.74, 6) is 2.05. The normalized spacial score (nSPS) is 22.6. The van der Waals surface area contributed by atoms with Crippen LogP contribution in [0.1, 0.15) is 42.0 Å². The number of nitrogens with zero attached hydrogens (tertiary/aromatic N) is 6. The summed E-state index contributed by atoms with van der Waals surface area (Å²) in [6.07, 6.45) is 2.29. The van der Waals surface area contributed by atoms with Gasteiger partial charge in [-0.2, -0.15) is 13.2 Å². The highest BCUT2D eigenvalue weighted by atomic mass is 32.2. The van der Waals surface area contributed by atoms with Gasteiger partial charge in [-0.15, -0.1) is 10.2 Å². The maximum Gasteiger partial charge on any atom is 0.416 e. The first kappa shape index (κ1) is 23.3. The molecule has 2 unspecified atom stereocenters. The fourth-order valence-electron chi connectivity index (χ4n) is 5.08. The van der Waals surface area contributed by atoms with Gasteiger partial charge in [-0.05, 0) is 68.3 Å². The molecule has 1 spiro atoms. The van der Waals surface area contributed by atoms with Crippen molar-refractivity contribution in [1.29, 1.82) is 0 Å². The molecule has 2 aliphatic rings. The van der Waals surface area contributed by atoms with Crippen LogP contribution in [0.5, 0.6) is 0 Å². The Morgan fingerprint density at radius 1 is 1.12 bits per heavy atom. The van der Waals surface area contributed by atoms with Gasteiger partial charge in [0.2, 0.25) is 0 Å². The summed E-state index contributed by atoms with van der Waals surface area (Å²) >= 11 is 1.69. The Morgan fingerprint density at radius 2 is 1.88 bits per heavy atom. The molecule has 0 radical (unpaired) electrons. The molecular weight excluding hydrogens is 461 g/mol. The zero-order valence-electron chi connectivity index (χ0n) is 19.2. The van der Waals surface area contributed by atoms with E-state index in [9.17, 15) is 13.2 Å². The van der Waals surface area contributed by atoms with Crippen LogP contribution in [-0.4, -0.2) is 55.0 Å². The number of likely N-dealkylation sites (tertiary alicyclic amines) is 1. The van der Waals surface area contributed by atoms with Gasteiger partial charge in [-0.3, -0.25) is 4.98 Å². The maximum absolute atomic E-state index is 12.8. The van der Waals surface area contributed by atoms with E-state index in [1.54, 1.807) is 36.3 Å². The summed E-state index contributed by atoms with van der Waals surface area (Å²) in [7, 11) is 1.95. The van der Waals surface area contributed by atoms with Crippen LogP contribution in [0.25, 0.3) is 11.5 Å². The lowest BCUT2D eigenvalue weighted by Gasteiger charge is -2.16. The SMILES string of the molecule is Cc1nccnc1-c1nnc(SCCCN2CCC3(CC3c3ccc(C(F)(F)F)cc3)C2)n1C. The van der Waals surface area contributed by atoms with E-state index in [0.717, 1.165) is 72.6 Å². The molecule has 1 saturated heterocycles. The summed E-state index contributed by atoms with van der Waals surface area (Å²) in [6.45, 7) is 5.02. The number of rotatable bonds is 7. The monoisotopic (exact) mass is 488 g/mol. The number of halogens is 3. The molecule has 2 fully saturated rings. The molecule has 3 aromatic rings. The first-order valence-electron chi connectivity index (χ1n) is 11.5. The van der Waals surface area contributed by atoms with Crippen molar-refractivity contribution in [3.05, 3.63) is 53.5 Å². The minimum Gasteiger partial charge on any atom is -0.304 e. The molecule has 2 aromatic heterocycles. The molecule has 5 rings (SSSR count). The van der Waals surface area contributed by atoms with Gasteiger partial charge >= 0.3 is 6.18 Å². The Morgan fingerprint density at radius 3 is 2.62 bits per heavy atom. The Bertz CT molecular complexity index is 1160. The van der Waals surface area contributed by atoms with Gasteiger partial charge in [0, 0.05) is 31.7 Å². The quantitative estimate of drug-likeness (QED) is 0.346. The summed E-state index contributed by atoms with van der Waals surface area (Å²) in [5.41, 5.74) is 2.30. The number of aromatic nitrogens is 5. The molecule has 1 aliphatic carbocycles. The van der Waals surface area contributed by atoms with Crippen LogP contribution in [-0.2, 0) is 13.2 Å². The lowest BCUT2D eigenvalue weighted by atomic mass is 9.97. The lowest BCUT2D eigenvalue weighted by Crippen LogP contribution is -2.23. The third-order valence-corrected chi connectivity index (χ3v) is 8.18. The van der Waals surface area contributed by atoms with Gasteiger partial charge < -0.3 is 9.47 Å². The summed E-state index contributed by atoms with van der Waals surface area (Å²) < 4.78 is 40.5. The van der Waals surface area contributed by atoms with Crippen molar-refractivity contribution in [3.63, 3.8) is 0 Å². The lowest BCUT2D eigenvalue weighted by molar-refractivity contribution is -0.137. The van der Waals surface area contributed by atoms with Crippen LogP contribution in [0.4, 0.5) is 13.2 Å². The van der Waals surface area contributed by atoms with Crippen LogP contribution in [0.15, 0.2) is 41.8 Å². The molecule has 1 saturated carbocycles. The largest absolute Gasteiger partial charge is 0.416 e. The molecule has 1 aliphatic heterocycles. The Hall–Kier alpha value is -2.46. The number of alkyl halides is 3. The topological polar surface area (TPSA) is 59.7 Å². The Labute approximate surface area is 201 Å². The average molecular weight is 489 g/mol. The predicted molar refractivity (Wildman–Crippen MR) is 124 cm³/mol. The highest BCUT2D eigenvalue weighted by molar-refractivity contribution is 7.99. The van der Waals surface area contributed by atoms with Crippen molar-refractivity contribution in [1.82, 2.24) is 29.6 Å². The molecular formula is C24H27F3N6S. The molecule has 180 valence electrons. The first-order chi connectivity index (χ1) is 16.3. The number of aryl methyl sites for hydroxylation is 1. The molecule has 1 aromatic carbocycles. The number of benzene rings is 1. The summed E-state index contributed by atoms with van der Waals surface area (Å²) in [6, 6.07) is 5.77. The molecule has 3 heterocycles. The molecule has 10 heteroatoms. The zero-order valence-corrected chi connectivity index (χ0v) is 20.0. The molecule has 0 N–H and O–H groups in total. The molecule has 6 nitrogen and oxygen atoms in total. The third-order valence-electron chi connectivity index (χ3n) is 7.07. The third kappa shape index (κ3) is 4.57. The summed E-state index contributed by atoms with van der Waals surface area (Å²) in [5, 5.41) is 9.49. The molecule has 0 bridgehead atoms. The first-order valence-corrected chi connectivity index (χ1v) is 12.5. The van der Waals surface area contributed by atoms with Crippen molar-refractivity contribution in [2.75, 3.05) is 25.4 Å². The van der Waals surface area contributed by atoms with Crippen LogP contribution in [0.2, 0.25) is 0 Å². The van der Waals surface area contributed by atoms with Gasteiger partial charge in [0.05, 0.1) is 11.3 Å². The fourth-order valence-corrected chi connectivity index (χ4v) is 5.91.